The monoisotopic (exact) mass is 208 g/mol. The van der Waals surface area contributed by atoms with E-state index in [2.05, 4.69) is 0 Å². The third-order valence-corrected chi connectivity index (χ3v) is 2.76. The molecule has 0 unspecified atom stereocenters. The van der Waals surface area contributed by atoms with Gasteiger partial charge in [0, 0.05) is 0 Å². The van der Waals surface area contributed by atoms with Crippen molar-refractivity contribution in [1.82, 2.24) is 0 Å². The van der Waals surface area contributed by atoms with Crippen LogP contribution >= 0.6 is 0 Å². The Morgan fingerprint density at radius 2 is 1.80 bits per heavy atom. The van der Waals surface area contributed by atoms with Crippen molar-refractivity contribution < 1.29 is 14.6 Å². The summed E-state index contributed by atoms with van der Waals surface area (Å²) in [4.78, 5) is 0. The summed E-state index contributed by atoms with van der Waals surface area (Å²) in [6.07, 6.45) is 2.47. The highest BCUT2D eigenvalue weighted by Crippen LogP contribution is 2.25. The zero-order valence-corrected chi connectivity index (χ0v) is 8.85. The molecule has 0 bridgehead atoms. The lowest BCUT2D eigenvalue weighted by Crippen LogP contribution is -2.25. The standard InChI is InChI=1S/C12H16O3/c1-14-9-5-7-10(8-6-9)15-12-4-2-3-11(12)13/h5-8,11-13H,2-4H2,1H3/t11-,12-/m0/s1. The highest BCUT2D eigenvalue weighted by Gasteiger charge is 2.26. The minimum atomic E-state index is -0.313. The molecular weight excluding hydrogens is 192 g/mol. The molecule has 1 aliphatic carbocycles. The van der Waals surface area contributed by atoms with Gasteiger partial charge < -0.3 is 14.6 Å². The van der Waals surface area contributed by atoms with Crippen LogP contribution in [0.2, 0.25) is 0 Å². The number of rotatable bonds is 3. The predicted molar refractivity (Wildman–Crippen MR) is 57.3 cm³/mol. The highest BCUT2D eigenvalue weighted by atomic mass is 16.5. The fraction of sp³-hybridized carbons (Fsp3) is 0.500. The molecule has 82 valence electrons. The first-order valence-corrected chi connectivity index (χ1v) is 5.28. The normalized spacial score (nSPS) is 25.2. The van der Waals surface area contributed by atoms with Gasteiger partial charge in [0.1, 0.15) is 17.6 Å². The van der Waals surface area contributed by atoms with Gasteiger partial charge >= 0.3 is 0 Å². The van der Waals surface area contributed by atoms with Crippen molar-refractivity contribution in [3.05, 3.63) is 24.3 Å². The topological polar surface area (TPSA) is 38.7 Å². The molecule has 0 aliphatic heterocycles. The summed E-state index contributed by atoms with van der Waals surface area (Å²) in [7, 11) is 1.64. The average Bonchev–Trinajstić information content (AvgIpc) is 2.66. The summed E-state index contributed by atoms with van der Waals surface area (Å²) in [5, 5.41) is 9.60. The van der Waals surface area contributed by atoms with Crippen LogP contribution < -0.4 is 9.47 Å². The van der Waals surface area contributed by atoms with E-state index >= 15 is 0 Å². The van der Waals surface area contributed by atoms with Gasteiger partial charge in [0.25, 0.3) is 0 Å². The van der Waals surface area contributed by atoms with Crippen LogP contribution in [0.25, 0.3) is 0 Å². The number of aliphatic hydroxyl groups excluding tert-OH is 1. The van der Waals surface area contributed by atoms with Crippen LogP contribution in [-0.2, 0) is 0 Å². The first kappa shape index (κ1) is 10.3. The van der Waals surface area contributed by atoms with Crippen molar-refractivity contribution in [2.75, 3.05) is 7.11 Å². The van der Waals surface area contributed by atoms with Crippen LogP contribution in [0.3, 0.4) is 0 Å². The van der Waals surface area contributed by atoms with Gasteiger partial charge in [-0.2, -0.15) is 0 Å². The number of ether oxygens (including phenoxy) is 2. The Hall–Kier alpha value is -1.22. The minimum absolute atomic E-state index is 0.0432. The average molecular weight is 208 g/mol. The van der Waals surface area contributed by atoms with Crippen LogP contribution in [0.1, 0.15) is 19.3 Å². The number of aliphatic hydroxyl groups is 1. The second kappa shape index (κ2) is 4.53. The molecular formula is C12H16O3. The summed E-state index contributed by atoms with van der Waals surface area (Å²) in [6.45, 7) is 0. The van der Waals surface area contributed by atoms with Crippen molar-refractivity contribution in [1.29, 1.82) is 0 Å². The molecule has 0 heterocycles. The molecule has 2 atom stereocenters. The van der Waals surface area contributed by atoms with E-state index in [-0.39, 0.29) is 12.2 Å². The Morgan fingerprint density at radius 1 is 1.13 bits per heavy atom. The first-order chi connectivity index (χ1) is 7.29. The zero-order valence-electron chi connectivity index (χ0n) is 8.85. The van der Waals surface area contributed by atoms with Crippen LogP contribution in [0.15, 0.2) is 24.3 Å². The lowest BCUT2D eigenvalue weighted by Gasteiger charge is -2.17. The molecule has 3 nitrogen and oxygen atoms in total. The van der Waals surface area contributed by atoms with Crippen LogP contribution in [-0.4, -0.2) is 24.4 Å². The summed E-state index contributed by atoms with van der Waals surface area (Å²) < 4.78 is 10.7. The molecule has 0 aromatic heterocycles. The molecule has 15 heavy (non-hydrogen) atoms. The Morgan fingerprint density at radius 3 is 2.33 bits per heavy atom. The van der Waals surface area contributed by atoms with E-state index in [1.54, 1.807) is 7.11 Å². The van der Waals surface area contributed by atoms with Crippen LogP contribution in [0, 0.1) is 0 Å². The van der Waals surface area contributed by atoms with Crippen molar-refractivity contribution >= 4 is 0 Å². The van der Waals surface area contributed by atoms with Crippen LogP contribution in [0.4, 0.5) is 0 Å². The number of methoxy groups -OCH3 is 1. The Kier molecular flexibility index (Phi) is 3.11. The molecule has 1 aliphatic rings. The maximum Gasteiger partial charge on any atom is 0.124 e. The van der Waals surface area contributed by atoms with E-state index in [1.807, 2.05) is 24.3 Å². The SMILES string of the molecule is COc1ccc(O[C@H]2CCC[C@@H]2O)cc1. The zero-order chi connectivity index (χ0) is 10.7. The smallest absolute Gasteiger partial charge is 0.124 e. The molecule has 0 saturated heterocycles. The molecule has 2 rings (SSSR count). The first-order valence-electron chi connectivity index (χ1n) is 5.28. The van der Waals surface area contributed by atoms with Crippen molar-refractivity contribution in [3.63, 3.8) is 0 Å². The van der Waals surface area contributed by atoms with Gasteiger partial charge in [-0.15, -0.1) is 0 Å². The molecule has 1 aromatic rings. The molecule has 1 fully saturated rings. The molecule has 0 radical (unpaired) electrons. The largest absolute Gasteiger partial charge is 0.497 e. The Bertz CT molecular complexity index is 307. The van der Waals surface area contributed by atoms with E-state index in [1.165, 1.54) is 0 Å². The summed E-state index contributed by atoms with van der Waals surface area (Å²) in [5.41, 5.74) is 0. The van der Waals surface area contributed by atoms with E-state index in [0.717, 1.165) is 30.8 Å². The molecule has 0 spiro atoms. The van der Waals surface area contributed by atoms with Crippen molar-refractivity contribution in [2.24, 2.45) is 0 Å². The molecule has 1 N–H and O–H groups in total. The van der Waals surface area contributed by atoms with Gasteiger partial charge in [0.05, 0.1) is 13.2 Å². The van der Waals surface area contributed by atoms with Gasteiger partial charge in [0.2, 0.25) is 0 Å². The number of hydrogen-bond donors (Lipinski definition) is 1. The molecule has 1 aromatic carbocycles. The Balaban J connectivity index is 1.98. The van der Waals surface area contributed by atoms with Gasteiger partial charge in [-0.05, 0) is 43.5 Å². The number of benzene rings is 1. The Labute approximate surface area is 89.6 Å². The second-order valence-corrected chi connectivity index (χ2v) is 3.83. The fourth-order valence-electron chi connectivity index (χ4n) is 1.87. The fourth-order valence-corrected chi connectivity index (χ4v) is 1.87. The lowest BCUT2D eigenvalue weighted by molar-refractivity contribution is 0.0604. The summed E-state index contributed by atoms with van der Waals surface area (Å²) in [6, 6.07) is 7.45. The minimum Gasteiger partial charge on any atom is -0.497 e. The third-order valence-electron chi connectivity index (χ3n) is 2.76. The van der Waals surface area contributed by atoms with Gasteiger partial charge in [-0.1, -0.05) is 0 Å². The predicted octanol–water partition coefficient (Wildman–Crippen LogP) is 1.99. The highest BCUT2D eigenvalue weighted by molar-refractivity contribution is 5.31. The van der Waals surface area contributed by atoms with E-state index in [4.69, 9.17) is 9.47 Å². The molecule has 3 heteroatoms. The van der Waals surface area contributed by atoms with Gasteiger partial charge in [0.15, 0.2) is 0 Å². The van der Waals surface area contributed by atoms with Crippen molar-refractivity contribution in [3.8, 4) is 11.5 Å². The maximum absolute atomic E-state index is 9.60. The second-order valence-electron chi connectivity index (χ2n) is 3.83. The van der Waals surface area contributed by atoms with E-state index in [9.17, 15) is 5.11 Å². The molecule has 0 amide bonds. The van der Waals surface area contributed by atoms with E-state index in [0.29, 0.717) is 0 Å². The summed E-state index contributed by atoms with van der Waals surface area (Å²) in [5.74, 6) is 1.61. The summed E-state index contributed by atoms with van der Waals surface area (Å²) >= 11 is 0. The quantitative estimate of drug-likeness (QED) is 0.825. The maximum atomic E-state index is 9.60. The van der Waals surface area contributed by atoms with Gasteiger partial charge in [-0.3, -0.25) is 0 Å². The lowest BCUT2D eigenvalue weighted by atomic mass is 10.2. The third kappa shape index (κ3) is 2.42. The van der Waals surface area contributed by atoms with E-state index < -0.39 is 0 Å². The van der Waals surface area contributed by atoms with Gasteiger partial charge in [-0.25, -0.2) is 0 Å². The molecule has 1 saturated carbocycles. The van der Waals surface area contributed by atoms with Crippen LogP contribution in [0.5, 0.6) is 11.5 Å². The van der Waals surface area contributed by atoms with Crippen molar-refractivity contribution in [2.45, 2.75) is 31.5 Å². The number of hydrogen-bond acceptors (Lipinski definition) is 3.